The molecule has 0 bridgehead atoms. The monoisotopic (exact) mass is 365 g/mol. The van der Waals surface area contributed by atoms with E-state index in [2.05, 4.69) is 20.7 Å². The molecule has 0 saturated carbocycles. The van der Waals surface area contributed by atoms with Crippen LogP contribution in [0.3, 0.4) is 0 Å². The zero-order chi connectivity index (χ0) is 19.2. The Morgan fingerprint density at radius 1 is 1.00 bits per heavy atom. The van der Waals surface area contributed by atoms with Crippen LogP contribution >= 0.6 is 0 Å². The van der Waals surface area contributed by atoms with Gasteiger partial charge in [-0.1, -0.05) is 0 Å². The molecule has 0 unspecified atom stereocenters. The van der Waals surface area contributed by atoms with Crippen molar-refractivity contribution in [1.29, 1.82) is 0 Å². The van der Waals surface area contributed by atoms with Gasteiger partial charge in [-0.2, -0.15) is 5.10 Å². The van der Waals surface area contributed by atoms with E-state index >= 15 is 0 Å². The summed E-state index contributed by atoms with van der Waals surface area (Å²) in [6.45, 7) is 1.73. The molecule has 1 atom stereocenters. The first-order valence-electron chi connectivity index (χ1n) is 8.27. The highest BCUT2D eigenvalue weighted by Crippen LogP contribution is 2.17. The van der Waals surface area contributed by atoms with Gasteiger partial charge in [0.15, 0.2) is 0 Å². The molecule has 27 heavy (non-hydrogen) atoms. The number of anilines is 2. The molecule has 3 aromatic rings. The number of carbonyl (C=O) groups is 2. The summed E-state index contributed by atoms with van der Waals surface area (Å²) < 4.78 is 6.55. The number of rotatable bonds is 6. The van der Waals surface area contributed by atoms with Crippen molar-refractivity contribution in [2.45, 2.75) is 13.0 Å². The van der Waals surface area contributed by atoms with Crippen LogP contribution in [0, 0.1) is 0 Å². The smallest absolute Gasteiger partial charge is 0.255 e. The number of carbonyl (C=O) groups excluding carboxylic acids is 2. The Hall–Kier alpha value is -3.68. The van der Waals surface area contributed by atoms with Gasteiger partial charge in [-0.05, 0) is 55.5 Å². The highest BCUT2D eigenvalue weighted by molar-refractivity contribution is 6.04. The van der Waals surface area contributed by atoms with E-state index in [1.54, 1.807) is 62.6 Å². The second-order valence-electron chi connectivity index (χ2n) is 5.80. The Labute approximate surface area is 156 Å². The van der Waals surface area contributed by atoms with Gasteiger partial charge in [0.2, 0.25) is 5.91 Å². The van der Waals surface area contributed by atoms with E-state index in [0.717, 1.165) is 0 Å². The van der Waals surface area contributed by atoms with Crippen LogP contribution in [0.2, 0.25) is 0 Å². The molecule has 0 spiro atoms. The molecule has 138 valence electrons. The van der Waals surface area contributed by atoms with Crippen molar-refractivity contribution in [2.24, 2.45) is 0 Å². The molecule has 8 nitrogen and oxygen atoms in total. The van der Waals surface area contributed by atoms with Crippen LogP contribution < -0.4 is 15.4 Å². The summed E-state index contributed by atoms with van der Waals surface area (Å²) in [7, 11) is 1.57. The summed E-state index contributed by atoms with van der Waals surface area (Å²) in [5.41, 5.74) is 1.77. The second kappa shape index (κ2) is 8.13. The van der Waals surface area contributed by atoms with Crippen LogP contribution in [0.4, 0.5) is 11.4 Å². The molecule has 0 aliphatic rings. The summed E-state index contributed by atoms with van der Waals surface area (Å²) in [4.78, 5) is 28.3. The summed E-state index contributed by atoms with van der Waals surface area (Å²) in [5, 5.41) is 9.56. The lowest BCUT2D eigenvalue weighted by atomic mass is 10.2. The standard InChI is InChI=1S/C19H19N5O3/c1-13(24-12-20-11-21-24)18(25)22-15-5-7-16(8-6-15)23-19(26)14-3-9-17(27-2)10-4-14/h3-13H,1-2H3,(H,22,25)(H,23,26)/t13-/m0/s1. The molecule has 0 saturated heterocycles. The predicted molar refractivity (Wildman–Crippen MR) is 101 cm³/mol. The Morgan fingerprint density at radius 2 is 1.63 bits per heavy atom. The lowest BCUT2D eigenvalue weighted by molar-refractivity contribution is -0.119. The van der Waals surface area contributed by atoms with Crippen molar-refractivity contribution in [3.05, 3.63) is 66.7 Å². The van der Waals surface area contributed by atoms with E-state index < -0.39 is 6.04 Å². The molecule has 2 amide bonds. The third kappa shape index (κ3) is 4.49. The summed E-state index contributed by atoms with van der Waals surface area (Å²) in [6, 6.07) is 13.2. The van der Waals surface area contributed by atoms with Crippen LogP contribution in [0.25, 0.3) is 0 Å². The van der Waals surface area contributed by atoms with Gasteiger partial charge in [-0.15, -0.1) is 0 Å². The molecular formula is C19H19N5O3. The van der Waals surface area contributed by atoms with Crippen molar-refractivity contribution in [2.75, 3.05) is 17.7 Å². The SMILES string of the molecule is COc1ccc(C(=O)Nc2ccc(NC(=O)[C@H](C)n3cncn3)cc2)cc1. The third-order valence-electron chi connectivity index (χ3n) is 3.98. The van der Waals surface area contributed by atoms with Gasteiger partial charge in [-0.25, -0.2) is 9.67 Å². The topological polar surface area (TPSA) is 98.1 Å². The lowest BCUT2D eigenvalue weighted by Crippen LogP contribution is -2.24. The fourth-order valence-corrected chi connectivity index (χ4v) is 2.37. The first-order chi connectivity index (χ1) is 13.1. The normalized spacial score (nSPS) is 11.5. The first kappa shape index (κ1) is 18.1. The third-order valence-corrected chi connectivity index (χ3v) is 3.98. The number of ether oxygens (including phenoxy) is 1. The van der Waals surface area contributed by atoms with Gasteiger partial charge in [0, 0.05) is 16.9 Å². The van der Waals surface area contributed by atoms with E-state index in [4.69, 9.17) is 4.74 Å². The Balaban J connectivity index is 1.59. The number of hydrogen-bond donors (Lipinski definition) is 2. The predicted octanol–water partition coefficient (Wildman–Crippen LogP) is 2.74. The molecule has 0 fully saturated rings. The van der Waals surface area contributed by atoms with Crippen molar-refractivity contribution in [3.8, 4) is 5.75 Å². The summed E-state index contributed by atoms with van der Waals surface area (Å²) >= 11 is 0. The van der Waals surface area contributed by atoms with Crippen LogP contribution in [0.15, 0.2) is 61.2 Å². The van der Waals surface area contributed by atoms with Gasteiger partial charge in [0.05, 0.1) is 7.11 Å². The molecule has 0 radical (unpaired) electrons. The lowest BCUT2D eigenvalue weighted by Gasteiger charge is -2.12. The van der Waals surface area contributed by atoms with Gasteiger partial charge >= 0.3 is 0 Å². The minimum absolute atomic E-state index is 0.212. The zero-order valence-corrected chi connectivity index (χ0v) is 14.9. The molecule has 0 aliphatic heterocycles. The summed E-state index contributed by atoms with van der Waals surface area (Å²) in [6.07, 6.45) is 2.87. The number of methoxy groups -OCH3 is 1. The maximum absolute atomic E-state index is 12.3. The Morgan fingerprint density at radius 3 is 2.19 bits per heavy atom. The Kier molecular flexibility index (Phi) is 5.46. The highest BCUT2D eigenvalue weighted by Gasteiger charge is 2.15. The van der Waals surface area contributed by atoms with Crippen LogP contribution in [-0.4, -0.2) is 33.7 Å². The van der Waals surface area contributed by atoms with Gasteiger partial charge < -0.3 is 15.4 Å². The molecule has 0 aliphatic carbocycles. The first-order valence-corrected chi connectivity index (χ1v) is 8.27. The second-order valence-corrected chi connectivity index (χ2v) is 5.80. The van der Waals surface area contributed by atoms with E-state index in [1.165, 1.54) is 17.3 Å². The number of aromatic nitrogens is 3. The van der Waals surface area contributed by atoms with Gasteiger partial charge in [-0.3, -0.25) is 9.59 Å². The molecule has 1 heterocycles. The van der Waals surface area contributed by atoms with Crippen LogP contribution in [-0.2, 0) is 4.79 Å². The van der Waals surface area contributed by atoms with Crippen LogP contribution in [0.1, 0.15) is 23.3 Å². The molecule has 2 N–H and O–H groups in total. The zero-order valence-electron chi connectivity index (χ0n) is 14.9. The maximum Gasteiger partial charge on any atom is 0.255 e. The van der Waals surface area contributed by atoms with Crippen molar-refractivity contribution >= 4 is 23.2 Å². The molecule has 8 heteroatoms. The van der Waals surface area contributed by atoms with Crippen molar-refractivity contribution < 1.29 is 14.3 Å². The van der Waals surface area contributed by atoms with Gasteiger partial charge in [0.25, 0.3) is 5.91 Å². The van der Waals surface area contributed by atoms with E-state index in [9.17, 15) is 9.59 Å². The average Bonchev–Trinajstić information content (AvgIpc) is 3.23. The number of nitrogens with one attached hydrogen (secondary N) is 2. The maximum atomic E-state index is 12.3. The minimum Gasteiger partial charge on any atom is -0.497 e. The average molecular weight is 365 g/mol. The fourth-order valence-electron chi connectivity index (χ4n) is 2.37. The number of nitrogens with zero attached hydrogens (tertiary/aromatic N) is 3. The highest BCUT2D eigenvalue weighted by atomic mass is 16.5. The van der Waals surface area contributed by atoms with Gasteiger partial charge in [0.1, 0.15) is 24.4 Å². The molecular weight excluding hydrogens is 346 g/mol. The van der Waals surface area contributed by atoms with E-state index in [-0.39, 0.29) is 11.8 Å². The fraction of sp³-hybridized carbons (Fsp3) is 0.158. The summed E-state index contributed by atoms with van der Waals surface area (Å²) in [5.74, 6) is 0.247. The number of hydrogen-bond acceptors (Lipinski definition) is 5. The minimum atomic E-state index is -0.484. The van der Waals surface area contributed by atoms with Crippen molar-refractivity contribution in [3.63, 3.8) is 0 Å². The van der Waals surface area contributed by atoms with Crippen molar-refractivity contribution in [1.82, 2.24) is 14.8 Å². The largest absolute Gasteiger partial charge is 0.497 e. The quantitative estimate of drug-likeness (QED) is 0.700. The van der Waals surface area contributed by atoms with Crippen LogP contribution in [0.5, 0.6) is 5.75 Å². The Bertz CT molecular complexity index is 906. The molecule has 3 rings (SSSR count). The molecule has 1 aromatic heterocycles. The van der Waals surface area contributed by atoms with E-state index in [0.29, 0.717) is 22.7 Å². The number of amides is 2. The number of benzene rings is 2. The molecule has 2 aromatic carbocycles. The van der Waals surface area contributed by atoms with E-state index in [1.807, 2.05) is 0 Å².